The van der Waals surface area contributed by atoms with Crippen LogP contribution in [0.3, 0.4) is 0 Å². The third kappa shape index (κ3) is 10.6. The van der Waals surface area contributed by atoms with Crippen molar-refractivity contribution in [3.05, 3.63) is 0 Å². The molecule has 0 bridgehead atoms. The Hall–Kier alpha value is -0.890. The van der Waals surface area contributed by atoms with Crippen molar-refractivity contribution >= 4 is 6.09 Å². The fourth-order valence-corrected chi connectivity index (χ4v) is 3.53. The molecule has 170 valence electrons. The van der Waals surface area contributed by atoms with Crippen LogP contribution in [-0.4, -0.2) is 86.2 Å². The molecule has 0 aliphatic carbocycles. The number of hydrogen-bond acceptors (Lipinski definition) is 6. The molecular weight excluding hydrogens is 368 g/mol. The van der Waals surface area contributed by atoms with Gasteiger partial charge in [0, 0.05) is 44.8 Å². The van der Waals surface area contributed by atoms with Crippen molar-refractivity contribution in [3.63, 3.8) is 0 Å². The number of rotatable bonds is 17. The summed E-state index contributed by atoms with van der Waals surface area (Å²) in [7, 11) is 0. The van der Waals surface area contributed by atoms with Crippen molar-refractivity contribution in [2.24, 2.45) is 0 Å². The molecule has 2 N–H and O–H groups in total. The van der Waals surface area contributed by atoms with E-state index in [1.165, 1.54) is 6.54 Å². The van der Waals surface area contributed by atoms with Gasteiger partial charge in [0.1, 0.15) is 6.10 Å². The van der Waals surface area contributed by atoms with Crippen LogP contribution in [0.5, 0.6) is 0 Å². The lowest BCUT2D eigenvalue weighted by molar-refractivity contribution is 0.0288. The average molecular weight is 413 g/mol. The Morgan fingerprint density at radius 2 is 1.48 bits per heavy atom. The van der Waals surface area contributed by atoms with Crippen molar-refractivity contribution in [3.8, 4) is 0 Å². The predicted molar refractivity (Wildman–Crippen MR) is 117 cm³/mol. The molecule has 7 nitrogen and oxygen atoms in total. The van der Waals surface area contributed by atoms with Crippen LogP contribution in [0.2, 0.25) is 0 Å². The van der Waals surface area contributed by atoms with Crippen LogP contribution in [0.25, 0.3) is 0 Å². The second kappa shape index (κ2) is 13.4. The van der Waals surface area contributed by atoms with Crippen molar-refractivity contribution < 1.29 is 14.3 Å². The molecule has 0 aromatic carbocycles. The SMILES string of the molecule is CCC(CN1CC1C)OCNCCCCCCNC(=O)OC(CC)CN1CC1C. The number of alkyl carbamates (subject to hydrolysis) is 1. The van der Waals surface area contributed by atoms with Crippen LogP contribution in [0.15, 0.2) is 0 Å². The lowest BCUT2D eigenvalue weighted by Gasteiger charge is -2.17. The maximum atomic E-state index is 11.9. The second-order valence-corrected chi connectivity index (χ2v) is 8.72. The van der Waals surface area contributed by atoms with E-state index in [-0.39, 0.29) is 12.2 Å². The Labute approximate surface area is 177 Å². The Morgan fingerprint density at radius 1 is 0.931 bits per heavy atom. The standard InChI is InChI=1S/C22H44N4O3/c1-5-20(15-25-13-18(25)3)28-17-23-11-9-7-8-10-12-24-22(27)29-21(6-2)16-26-14-19(26)4/h18-21,23H,5-17H2,1-4H3,(H,24,27). The minimum absolute atomic E-state index is 0.00501. The van der Waals surface area contributed by atoms with E-state index < -0.39 is 0 Å². The highest BCUT2D eigenvalue weighted by molar-refractivity contribution is 5.67. The molecule has 6 unspecified atom stereocenters. The summed E-state index contributed by atoms with van der Waals surface area (Å²) >= 11 is 0. The predicted octanol–water partition coefficient (Wildman–Crippen LogP) is 2.80. The number of amides is 1. The summed E-state index contributed by atoms with van der Waals surface area (Å²) in [6, 6.07) is 1.39. The van der Waals surface area contributed by atoms with Gasteiger partial charge in [0.05, 0.1) is 12.8 Å². The van der Waals surface area contributed by atoms with Crippen molar-refractivity contribution in [1.29, 1.82) is 0 Å². The summed E-state index contributed by atoms with van der Waals surface area (Å²) < 4.78 is 11.4. The number of carbonyl (C=O) groups excluding carboxylic acids is 1. The number of unbranched alkanes of at least 4 members (excludes halogenated alkanes) is 3. The summed E-state index contributed by atoms with van der Waals surface area (Å²) in [6.45, 7) is 15.3. The monoisotopic (exact) mass is 412 g/mol. The van der Waals surface area contributed by atoms with Crippen LogP contribution < -0.4 is 10.6 Å². The largest absolute Gasteiger partial charge is 0.445 e. The van der Waals surface area contributed by atoms with Crippen molar-refractivity contribution in [2.75, 3.05) is 46.0 Å². The summed E-state index contributed by atoms with van der Waals surface area (Å²) in [5.41, 5.74) is 0. The maximum Gasteiger partial charge on any atom is 0.407 e. The summed E-state index contributed by atoms with van der Waals surface area (Å²) in [5, 5.41) is 6.27. The van der Waals surface area contributed by atoms with Gasteiger partial charge >= 0.3 is 6.09 Å². The third-order valence-corrected chi connectivity index (χ3v) is 6.01. The van der Waals surface area contributed by atoms with E-state index in [2.05, 4.69) is 48.1 Å². The lowest BCUT2D eigenvalue weighted by atomic mass is 10.2. The molecule has 0 radical (unpaired) electrons. The molecule has 1 amide bonds. The average Bonchev–Trinajstić information content (AvgIpc) is 3.60. The van der Waals surface area contributed by atoms with Gasteiger partial charge in [-0.25, -0.2) is 4.79 Å². The number of nitrogens with zero attached hydrogens (tertiary/aromatic N) is 2. The van der Waals surface area contributed by atoms with E-state index in [1.54, 1.807) is 0 Å². The van der Waals surface area contributed by atoms with Gasteiger partial charge in [-0.1, -0.05) is 26.7 Å². The first-order chi connectivity index (χ1) is 14.0. The molecule has 2 fully saturated rings. The molecule has 0 aromatic rings. The molecule has 6 atom stereocenters. The minimum atomic E-state index is -0.271. The Bertz CT molecular complexity index is 465. The zero-order chi connectivity index (χ0) is 21.1. The topological polar surface area (TPSA) is 65.6 Å². The molecule has 2 heterocycles. The highest BCUT2D eigenvalue weighted by Gasteiger charge is 2.32. The van der Waals surface area contributed by atoms with Gasteiger partial charge in [-0.15, -0.1) is 0 Å². The van der Waals surface area contributed by atoms with E-state index >= 15 is 0 Å². The smallest absolute Gasteiger partial charge is 0.407 e. The van der Waals surface area contributed by atoms with Gasteiger partial charge in [-0.2, -0.15) is 0 Å². The third-order valence-electron chi connectivity index (χ3n) is 6.01. The Morgan fingerprint density at radius 3 is 2.03 bits per heavy atom. The molecule has 2 saturated heterocycles. The highest BCUT2D eigenvalue weighted by Crippen LogP contribution is 2.18. The molecule has 0 saturated carbocycles. The molecule has 0 spiro atoms. The first-order valence-corrected chi connectivity index (χ1v) is 11.8. The first-order valence-electron chi connectivity index (χ1n) is 11.8. The zero-order valence-electron chi connectivity index (χ0n) is 19.1. The zero-order valence-corrected chi connectivity index (χ0v) is 19.1. The number of hydrogen-bond donors (Lipinski definition) is 2. The van der Waals surface area contributed by atoms with Crippen LogP contribution >= 0.6 is 0 Å². The summed E-state index contributed by atoms with van der Waals surface area (Å²) in [4.78, 5) is 16.7. The molecule has 2 aliphatic rings. The van der Waals surface area contributed by atoms with Crippen LogP contribution in [-0.2, 0) is 9.47 Å². The molecular formula is C22H44N4O3. The molecule has 7 heteroatoms. The van der Waals surface area contributed by atoms with Gasteiger partial charge in [0.15, 0.2) is 0 Å². The molecule has 2 aliphatic heterocycles. The number of ether oxygens (including phenoxy) is 2. The van der Waals surface area contributed by atoms with Crippen LogP contribution in [0, 0.1) is 0 Å². The van der Waals surface area contributed by atoms with E-state index in [0.717, 1.165) is 70.7 Å². The second-order valence-electron chi connectivity index (χ2n) is 8.72. The Kier molecular flexibility index (Phi) is 11.3. The number of nitrogens with one attached hydrogen (secondary N) is 2. The van der Waals surface area contributed by atoms with E-state index in [9.17, 15) is 4.79 Å². The molecule has 29 heavy (non-hydrogen) atoms. The van der Waals surface area contributed by atoms with E-state index in [0.29, 0.717) is 25.4 Å². The van der Waals surface area contributed by atoms with Gasteiger partial charge in [0.25, 0.3) is 0 Å². The van der Waals surface area contributed by atoms with Crippen LogP contribution in [0.4, 0.5) is 4.79 Å². The van der Waals surface area contributed by atoms with Crippen molar-refractivity contribution in [1.82, 2.24) is 20.4 Å². The highest BCUT2D eigenvalue weighted by atomic mass is 16.6. The summed E-state index contributed by atoms with van der Waals surface area (Å²) in [5.74, 6) is 0. The molecule has 0 aromatic heterocycles. The Balaban J connectivity index is 1.35. The minimum Gasteiger partial charge on any atom is -0.445 e. The van der Waals surface area contributed by atoms with E-state index in [4.69, 9.17) is 9.47 Å². The lowest BCUT2D eigenvalue weighted by Crippen LogP contribution is -2.33. The fraction of sp³-hybridized carbons (Fsp3) is 0.955. The number of carbonyl (C=O) groups is 1. The quantitative estimate of drug-likeness (QED) is 0.218. The van der Waals surface area contributed by atoms with Gasteiger partial charge in [0.2, 0.25) is 0 Å². The van der Waals surface area contributed by atoms with Gasteiger partial charge in [-0.3, -0.25) is 15.1 Å². The first kappa shape index (κ1) is 24.4. The maximum absolute atomic E-state index is 11.9. The van der Waals surface area contributed by atoms with Gasteiger partial charge < -0.3 is 14.8 Å². The van der Waals surface area contributed by atoms with Gasteiger partial charge in [-0.05, 0) is 46.1 Å². The molecule has 2 rings (SSSR count). The van der Waals surface area contributed by atoms with Crippen molar-refractivity contribution in [2.45, 2.75) is 90.5 Å². The fourth-order valence-electron chi connectivity index (χ4n) is 3.53. The van der Waals surface area contributed by atoms with Crippen LogP contribution in [0.1, 0.15) is 66.2 Å². The normalized spacial score (nSPS) is 27.3. The summed E-state index contributed by atoms with van der Waals surface area (Å²) in [6.07, 6.45) is 6.43. The van der Waals surface area contributed by atoms with E-state index in [1.807, 2.05) is 0 Å².